The van der Waals surface area contributed by atoms with E-state index in [1.807, 2.05) is 24.3 Å². The van der Waals surface area contributed by atoms with Gasteiger partial charge in [0.05, 0.1) is 22.5 Å². The van der Waals surface area contributed by atoms with E-state index in [1.54, 1.807) is 12.1 Å². The number of benzene rings is 4. The predicted molar refractivity (Wildman–Crippen MR) is 187 cm³/mol. The van der Waals surface area contributed by atoms with E-state index in [1.165, 1.54) is 30.4 Å². The molecule has 0 amide bonds. The Kier molecular flexibility index (Phi) is 9.18. The molecule has 7 rings (SSSR count). The van der Waals surface area contributed by atoms with Gasteiger partial charge in [-0.05, 0) is 72.4 Å². The first-order chi connectivity index (χ1) is 23.1. The van der Waals surface area contributed by atoms with Crippen LogP contribution in [-0.4, -0.2) is 30.8 Å². The summed E-state index contributed by atoms with van der Waals surface area (Å²) in [5.41, 5.74) is 9.71. The smallest absolute Gasteiger partial charge is 0.336 e. The van der Waals surface area contributed by atoms with Gasteiger partial charge in [-0.25, -0.2) is 9.78 Å². The normalized spacial score (nSPS) is 13.6. The fraction of sp³-hybridized carbons (Fsp3) is 0.268. The molecule has 0 aliphatic heterocycles. The summed E-state index contributed by atoms with van der Waals surface area (Å²) in [6.07, 6.45) is 9.37. The summed E-state index contributed by atoms with van der Waals surface area (Å²) in [7, 11) is 0. The number of nitrogens with zero attached hydrogens (tertiary/aromatic N) is 4. The van der Waals surface area contributed by atoms with Gasteiger partial charge in [-0.3, -0.25) is 0 Å². The monoisotopic (exact) mass is 620 g/mol. The Morgan fingerprint density at radius 1 is 0.660 bits per heavy atom. The maximum atomic E-state index is 11.9. The van der Waals surface area contributed by atoms with Crippen molar-refractivity contribution in [2.24, 2.45) is 0 Å². The Hall–Kier alpha value is -5.10. The van der Waals surface area contributed by atoms with Gasteiger partial charge in [0.1, 0.15) is 11.3 Å². The lowest BCUT2D eigenvalue weighted by molar-refractivity contribution is 0.0697. The van der Waals surface area contributed by atoms with E-state index >= 15 is 0 Å². The van der Waals surface area contributed by atoms with Crippen molar-refractivity contribution < 1.29 is 9.90 Å². The zero-order valence-electron chi connectivity index (χ0n) is 26.7. The van der Waals surface area contributed by atoms with Crippen LogP contribution >= 0.6 is 0 Å². The van der Waals surface area contributed by atoms with E-state index in [4.69, 9.17) is 15.2 Å². The minimum Gasteiger partial charge on any atom is -0.478 e. The van der Waals surface area contributed by atoms with Crippen molar-refractivity contribution in [2.75, 3.05) is 0 Å². The molecule has 6 nitrogen and oxygen atoms in total. The molecule has 236 valence electrons. The van der Waals surface area contributed by atoms with Gasteiger partial charge in [0.2, 0.25) is 0 Å². The summed E-state index contributed by atoms with van der Waals surface area (Å²) in [6.45, 7) is 0.672. The maximum Gasteiger partial charge on any atom is 0.336 e. The number of carbonyl (C=O) groups is 1. The average Bonchev–Trinajstić information content (AvgIpc) is 3.51. The molecule has 0 atom stereocenters. The van der Waals surface area contributed by atoms with Crippen molar-refractivity contribution in [3.8, 4) is 11.1 Å². The summed E-state index contributed by atoms with van der Waals surface area (Å²) < 4.78 is 2.44. The van der Waals surface area contributed by atoms with Crippen molar-refractivity contribution in [3.63, 3.8) is 0 Å². The van der Waals surface area contributed by atoms with Crippen molar-refractivity contribution >= 4 is 17.0 Å². The zero-order valence-corrected chi connectivity index (χ0v) is 26.7. The van der Waals surface area contributed by atoms with E-state index in [0.29, 0.717) is 18.0 Å². The highest BCUT2D eigenvalue weighted by atomic mass is 16.4. The molecule has 1 aliphatic carbocycles. The summed E-state index contributed by atoms with van der Waals surface area (Å²) in [4.78, 5) is 17.3. The molecule has 1 fully saturated rings. The SMILES string of the molecule is O=C(O)c1ccccc1-c1ccc(Cn2c(C3CCCCC3)nc3c(CCc4ccccc4)nnc(CCc4ccccc4)c32)cc1. The number of carboxylic acid groups (broad SMARTS) is 1. The third-order valence-electron chi connectivity index (χ3n) is 9.56. The minimum atomic E-state index is -0.918. The zero-order chi connectivity index (χ0) is 32.0. The molecule has 4 aromatic carbocycles. The molecule has 6 heteroatoms. The molecule has 0 spiro atoms. The molecule has 1 aliphatic rings. The lowest BCUT2D eigenvalue weighted by Crippen LogP contribution is -2.14. The Morgan fingerprint density at radius 3 is 1.91 bits per heavy atom. The first kappa shape index (κ1) is 30.5. The summed E-state index contributed by atoms with van der Waals surface area (Å²) in [5, 5.41) is 19.5. The van der Waals surface area contributed by atoms with E-state index < -0.39 is 5.97 Å². The van der Waals surface area contributed by atoms with Crippen LogP contribution < -0.4 is 0 Å². The van der Waals surface area contributed by atoms with Crippen LogP contribution in [0.15, 0.2) is 109 Å². The van der Waals surface area contributed by atoms with Crippen LogP contribution in [0.1, 0.15) is 82.3 Å². The molecular formula is C41H40N4O2. The highest BCUT2D eigenvalue weighted by molar-refractivity contribution is 5.96. The van der Waals surface area contributed by atoms with Crippen molar-refractivity contribution in [1.82, 2.24) is 19.7 Å². The number of hydrogen-bond donors (Lipinski definition) is 1. The molecule has 6 aromatic rings. The number of fused-ring (bicyclic) bond motifs is 1. The number of rotatable bonds is 11. The van der Waals surface area contributed by atoms with Crippen LogP contribution in [0.4, 0.5) is 0 Å². The Morgan fingerprint density at radius 2 is 1.26 bits per heavy atom. The second kappa shape index (κ2) is 14.1. The number of aryl methyl sites for hydroxylation is 4. The molecule has 47 heavy (non-hydrogen) atoms. The topological polar surface area (TPSA) is 80.9 Å². The van der Waals surface area contributed by atoms with Crippen LogP contribution in [0.25, 0.3) is 22.2 Å². The molecule has 0 radical (unpaired) electrons. The third kappa shape index (κ3) is 6.87. The van der Waals surface area contributed by atoms with Gasteiger partial charge < -0.3 is 9.67 Å². The van der Waals surface area contributed by atoms with Gasteiger partial charge >= 0.3 is 5.97 Å². The van der Waals surface area contributed by atoms with E-state index in [0.717, 1.165) is 83.5 Å². The number of hydrogen-bond acceptors (Lipinski definition) is 4. The largest absolute Gasteiger partial charge is 0.478 e. The van der Waals surface area contributed by atoms with Crippen LogP contribution in [0.5, 0.6) is 0 Å². The van der Waals surface area contributed by atoms with Crippen LogP contribution in [0.2, 0.25) is 0 Å². The molecule has 2 aromatic heterocycles. The Balaban J connectivity index is 1.30. The summed E-state index contributed by atoms with van der Waals surface area (Å²) in [5.74, 6) is 0.637. The van der Waals surface area contributed by atoms with Gasteiger partial charge in [-0.1, -0.05) is 122 Å². The first-order valence-electron chi connectivity index (χ1n) is 16.9. The van der Waals surface area contributed by atoms with Gasteiger partial charge in [-0.15, -0.1) is 0 Å². The Labute approximate surface area is 276 Å². The fourth-order valence-corrected chi connectivity index (χ4v) is 7.06. The molecular weight excluding hydrogens is 580 g/mol. The van der Waals surface area contributed by atoms with Crippen LogP contribution in [0.3, 0.4) is 0 Å². The summed E-state index contributed by atoms with van der Waals surface area (Å²) in [6, 6.07) is 36.7. The van der Waals surface area contributed by atoms with Gasteiger partial charge in [-0.2, -0.15) is 10.2 Å². The van der Waals surface area contributed by atoms with Gasteiger partial charge in [0.25, 0.3) is 0 Å². The molecule has 1 N–H and O–H groups in total. The molecule has 0 unspecified atom stereocenters. The quantitative estimate of drug-likeness (QED) is 0.157. The number of carboxylic acids is 1. The molecule has 1 saturated carbocycles. The van der Waals surface area contributed by atoms with E-state index in [2.05, 4.69) is 77.4 Å². The highest BCUT2D eigenvalue weighted by Gasteiger charge is 2.26. The number of imidazole rings is 1. The standard InChI is InChI=1S/C41H40N4O2/c46-41(47)35-19-11-10-18-34(35)32-24-20-31(21-25-32)28-45-39-37(27-23-30-14-6-2-7-15-30)44-43-36(26-22-29-12-4-1-5-13-29)38(39)42-40(45)33-16-8-3-9-17-33/h1-2,4-7,10-15,18-21,24-25,33H,3,8-9,16-17,22-23,26-28H2,(H,46,47). The van der Waals surface area contributed by atoms with E-state index in [-0.39, 0.29) is 0 Å². The van der Waals surface area contributed by atoms with E-state index in [9.17, 15) is 9.90 Å². The average molecular weight is 621 g/mol. The fourth-order valence-electron chi connectivity index (χ4n) is 7.06. The van der Waals surface area contributed by atoms with Gasteiger partial charge in [0.15, 0.2) is 0 Å². The van der Waals surface area contributed by atoms with Crippen molar-refractivity contribution in [1.29, 1.82) is 0 Å². The molecule has 0 saturated heterocycles. The van der Waals surface area contributed by atoms with Gasteiger partial charge in [0, 0.05) is 12.5 Å². The minimum absolute atomic E-state index is 0.310. The maximum absolute atomic E-state index is 11.9. The number of aromatic nitrogens is 4. The molecule has 2 heterocycles. The van der Waals surface area contributed by atoms with Crippen molar-refractivity contribution in [2.45, 2.75) is 70.3 Å². The second-order valence-electron chi connectivity index (χ2n) is 12.7. The highest BCUT2D eigenvalue weighted by Crippen LogP contribution is 2.36. The lowest BCUT2D eigenvalue weighted by atomic mass is 9.88. The molecule has 0 bridgehead atoms. The third-order valence-corrected chi connectivity index (χ3v) is 9.56. The number of aromatic carboxylic acids is 1. The first-order valence-corrected chi connectivity index (χ1v) is 16.9. The van der Waals surface area contributed by atoms with Crippen molar-refractivity contribution in [3.05, 3.63) is 149 Å². The predicted octanol–water partition coefficient (Wildman–Crippen LogP) is 8.86. The summed E-state index contributed by atoms with van der Waals surface area (Å²) >= 11 is 0. The second-order valence-corrected chi connectivity index (χ2v) is 12.7. The lowest BCUT2D eigenvalue weighted by Gasteiger charge is -2.22. The van der Waals surface area contributed by atoms with Crippen LogP contribution in [0, 0.1) is 0 Å². The Bertz CT molecular complexity index is 1960. The van der Waals surface area contributed by atoms with Crippen LogP contribution in [-0.2, 0) is 32.2 Å².